The molecule has 0 atom stereocenters. The Morgan fingerprint density at radius 2 is 2.47 bits per heavy atom. The van der Waals surface area contributed by atoms with Gasteiger partial charge in [0.2, 0.25) is 5.69 Å². The van der Waals surface area contributed by atoms with Gasteiger partial charge in [0.05, 0.1) is 0 Å². The quantitative estimate of drug-likeness (QED) is 0.337. The molecule has 0 saturated carbocycles. The monoisotopic (exact) mass is 221 g/mol. The van der Waals surface area contributed by atoms with E-state index in [2.05, 4.69) is 27.4 Å². The number of hydrogen-bond acceptors (Lipinski definition) is 2. The van der Waals surface area contributed by atoms with E-state index in [9.17, 15) is 0 Å². The number of pyridine rings is 1. The van der Waals surface area contributed by atoms with Crippen molar-refractivity contribution in [3.8, 4) is 0 Å². The fourth-order valence-electron chi connectivity index (χ4n) is 0.852. The van der Waals surface area contributed by atoms with Crippen LogP contribution in [0.4, 0.5) is 0 Å². The highest BCUT2D eigenvalue weighted by molar-refractivity contribution is 7.80. The van der Waals surface area contributed by atoms with Crippen LogP contribution in [0.2, 0.25) is 0 Å². The van der Waals surface area contributed by atoms with Crippen molar-refractivity contribution in [2.24, 2.45) is 5.10 Å². The summed E-state index contributed by atoms with van der Waals surface area (Å²) in [6.07, 6.45) is 5.21. The molecule has 0 bridgehead atoms. The number of hydrogen-bond donors (Lipinski definition) is 2. The molecule has 1 rings (SSSR count). The second-order valence-electron chi connectivity index (χ2n) is 2.69. The van der Waals surface area contributed by atoms with Crippen molar-refractivity contribution in [2.75, 3.05) is 6.54 Å². The minimum Gasteiger partial charge on any atom is -0.358 e. The number of H-pyrrole nitrogens is 1. The van der Waals surface area contributed by atoms with E-state index in [4.69, 9.17) is 12.2 Å². The zero-order valence-electron chi connectivity index (χ0n) is 8.23. The molecule has 0 saturated heterocycles. The maximum atomic E-state index is 4.94. The first-order valence-corrected chi connectivity index (χ1v) is 4.88. The molecule has 3 N–H and O–H groups in total. The van der Waals surface area contributed by atoms with Crippen LogP contribution < -0.4 is 15.7 Å². The number of thiocarbonyl (C=S) groups is 1. The molecule has 0 amide bonds. The Hall–Kier alpha value is -1.75. The SMILES string of the molecule is C=CCNC(=S)NN=Cc1cccc[nH+]1. The minimum absolute atomic E-state index is 0.474. The van der Waals surface area contributed by atoms with Crippen LogP contribution in [0.3, 0.4) is 0 Å². The molecule has 0 aliphatic carbocycles. The smallest absolute Gasteiger partial charge is 0.223 e. The van der Waals surface area contributed by atoms with Crippen LogP contribution in [-0.4, -0.2) is 17.9 Å². The summed E-state index contributed by atoms with van der Waals surface area (Å²) < 4.78 is 0. The number of nitrogens with zero attached hydrogens (tertiary/aromatic N) is 1. The Morgan fingerprint density at radius 1 is 1.60 bits per heavy atom. The number of nitrogens with one attached hydrogen (secondary N) is 3. The summed E-state index contributed by atoms with van der Waals surface area (Å²) >= 11 is 4.94. The summed E-state index contributed by atoms with van der Waals surface area (Å²) in [5.41, 5.74) is 3.59. The summed E-state index contributed by atoms with van der Waals surface area (Å²) in [5.74, 6) is 0. The molecule has 0 aliphatic heterocycles. The van der Waals surface area contributed by atoms with Crippen molar-refractivity contribution in [1.29, 1.82) is 0 Å². The van der Waals surface area contributed by atoms with Gasteiger partial charge in [-0.3, -0.25) is 5.43 Å². The third-order valence-electron chi connectivity index (χ3n) is 1.51. The topological polar surface area (TPSA) is 50.6 Å². The van der Waals surface area contributed by atoms with Crippen LogP contribution in [0.5, 0.6) is 0 Å². The van der Waals surface area contributed by atoms with E-state index in [0.29, 0.717) is 11.7 Å². The van der Waals surface area contributed by atoms with Gasteiger partial charge in [-0.05, 0) is 18.3 Å². The molecule has 0 spiro atoms. The van der Waals surface area contributed by atoms with Gasteiger partial charge >= 0.3 is 0 Å². The van der Waals surface area contributed by atoms with E-state index in [0.717, 1.165) is 5.69 Å². The second kappa shape index (κ2) is 6.67. The molecule has 0 radical (unpaired) electrons. The van der Waals surface area contributed by atoms with Crippen molar-refractivity contribution in [2.45, 2.75) is 0 Å². The van der Waals surface area contributed by atoms with Crippen LogP contribution in [0.15, 0.2) is 42.2 Å². The van der Waals surface area contributed by atoms with E-state index in [1.807, 2.05) is 24.4 Å². The van der Waals surface area contributed by atoms with Gasteiger partial charge in [0, 0.05) is 18.7 Å². The van der Waals surface area contributed by atoms with Gasteiger partial charge in [-0.15, -0.1) is 6.58 Å². The predicted molar refractivity (Wildman–Crippen MR) is 64.5 cm³/mol. The first kappa shape index (κ1) is 11.3. The van der Waals surface area contributed by atoms with Crippen molar-refractivity contribution in [3.63, 3.8) is 0 Å². The molecule has 0 aliphatic rings. The van der Waals surface area contributed by atoms with Crippen LogP contribution in [-0.2, 0) is 0 Å². The molecule has 0 aromatic carbocycles. The molecular weight excluding hydrogens is 208 g/mol. The van der Waals surface area contributed by atoms with E-state index >= 15 is 0 Å². The lowest BCUT2D eigenvalue weighted by molar-refractivity contribution is -0.379. The Morgan fingerprint density at radius 3 is 3.13 bits per heavy atom. The standard InChI is InChI=1S/C10H12N4S/c1-2-6-12-10(15)14-13-8-9-5-3-4-7-11-9/h2-5,7-8H,1,6H2,(H2,12,14,15)/p+1. The van der Waals surface area contributed by atoms with Gasteiger partial charge < -0.3 is 5.32 Å². The fraction of sp³-hybridized carbons (Fsp3) is 0.100. The van der Waals surface area contributed by atoms with E-state index in [1.165, 1.54) is 0 Å². The minimum atomic E-state index is 0.474. The predicted octanol–water partition coefficient (Wildman–Crippen LogP) is 0.485. The lowest BCUT2D eigenvalue weighted by Gasteiger charge is -2.02. The number of aromatic nitrogens is 1. The molecule has 0 fully saturated rings. The normalized spacial score (nSPS) is 9.87. The first-order chi connectivity index (χ1) is 7.33. The average Bonchev–Trinajstić information content (AvgIpc) is 2.28. The third-order valence-corrected chi connectivity index (χ3v) is 1.75. The molecule has 15 heavy (non-hydrogen) atoms. The zero-order valence-corrected chi connectivity index (χ0v) is 9.05. The van der Waals surface area contributed by atoms with Crippen molar-refractivity contribution >= 4 is 23.5 Å². The summed E-state index contributed by atoms with van der Waals surface area (Å²) in [7, 11) is 0. The highest BCUT2D eigenvalue weighted by atomic mass is 32.1. The maximum absolute atomic E-state index is 4.94. The molecule has 0 unspecified atom stereocenters. The average molecular weight is 221 g/mol. The summed E-state index contributed by atoms with van der Waals surface area (Å²) in [6, 6.07) is 5.73. The van der Waals surface area contributed by atoms with Crippen LogP contribution >= 0.6 is 12.2 Å². The largest absolute Gasteiger partial charge is 0.358 e. The molecule has 4 nitrogen and oxygen atoms in total. The second-order valence-corrected chi connectivity index (χ2v) is 3.09. The first-order valence-electron chi connectivity index (χ1n) is 4.47. The summed E-state index contributed by atoms with van der Waals surface area (Å²) in [6.45, 7) is 4.19. The van der Waals surface area contributed by atoms with Crippen LogP contribution in [0, 0.1) is 0 Å². The lowest BCUT2D eigenvalue weighted by atomic mass is 10.4. The van der Waals surface area contributed by atoms with E-state index in [1.54, 1.807) is 12.3 Å². The molecule has 78 valence electrons. The van der Waals surface area contributed by atoms with Crippen molar-refractivity contribution < 1.29 is 4.98 Å². The number of aromatic amines is 1. The Labute approximate surface area is 94.1 Å². The zero-order chi connectivity index (χ0) is 10.9. The van der Waals surface area contributed by atoms with Crippen molar-refractivity contribution in [1.82, 2.24) is 10.7 Å². The fourth-order valence-corrected chi connectivity index (χ4v) is 0.988. The van der Waals surface area contributed by atoms with Gasteiger partial charge in [-0.2, -0.15) is 5.10 Å². The third kappa shape index (κ3) is 4.87. The van der Waals surface area contributed by atoms with Gasteiger partial charge in [0.15, 0.2) is 11.3 Å². The molecule has 1 aromatic heterocycles. The van der Waals surface area contributed by atoms with Gasteiger partial charge in [-0.25, -0.2) is 4.98 Å². The molecule has 1 aromatic rings. The highest BCUT2D eigenvalue weighted by Gasteiger charge is 1.93. The van der Waals surface area contributed by atoms with Gasteiger partial charge in [0.25, 0.3) is 0 Å². The Kier molecular flexibility index (Phi) is 5.03. The summed E-state index contributed by atoms with van der Waals surface area (Å²) in [4.78, 5) is 3.02. The molecule has 1 heterocycles. The van der Waals surface area contributed by atoms with Gasteiger partial charge in [-0.1, -0.05) is 6.08 Å². The van der Waals surface area contributed by atoms with Crippen molar-refractivity contribution in [3.05, 3.63) is 42.7 Å². The van der Waals surface area contributed by atoms with Crippen LogP contribution in [0.25, 0.3) is 0 Å². The van der Waals surface area contributed by atoms with Gasteiger partial charge in [0.1, 0.15) is 6.21 Å². The molecule has 5 heteroatoms. The Balaban J connectivity index is 2.33. The highest BCUT2D eigenvalue weighted by Crippen LogP contribution is 1.82. The molecular formula is C10H13N4S+. The van der Waals surface area contributed by atoms with E-state index < -0.39 is 0 Å². The number of hydrazone groups is 1. The lowest BCUT2D eigenvalue weighted by Crippen LogP contribution is -2.32. The van der Waals surface area contributed by atoms with Crippen LogP contribution in [0.1, 0.15) is 5.69 Å². The number of rotatable bonds is 4. The Bertz CT molecular complexity index is 348. The summed E-state index contributed by atoms with van der Waals surface area (Å²) in [5, 5.41) is 7.32. The maximum Gasteiger partial charge on any atom is 0.223 e. The van der Waals surface area contributed by atoms with E-state index in [-0.39, 0.29) is 0 Å².